The molecule has 1 heterocycles. The molecule has 2 nitrogen and oxygen atoms in total. The number of quaternary nitrogens is 1. The predicted molar refractivity (Wildman–Crippen MR) is 48.0 cm³/mol. The number of rotatable bonds is 3. The zero-order chi connectivity index (χ0) is 8.10. The summed E-state index contributed by atoms with van der Waals surface area (Å²) in [4.78, 5) is 4.24. The summed E-state index contributed by atoms with van der Waals surface area (Å²) < 4.78 is 0. The monoisotopic (exact) mass is 157 g/mol. The lowest BCUT2D eigenvalue weighted by molar-refractivity contribution is -0.904. The number of unbranched alkanes of at least 4 members (excludes halogenated alkanes) is 1. The molecule has 0 amide bonds. The molecule has 1 N–H and O–H groups in total. The van der Waals surface area contributed by atoms with Gasteiger partial charge in [-0.2, -0.15) is 0 Å². The van der Waals surface area contributed by atoms with Crippen molar-refractivity contribution in [2.45, 2.75) is 19.8 Å². The van der Waals surface area contributed by atoms with Gasteiger partial charge in [-0.3, -0.25) is 4.90 Å². The Hall–Kier alpha value is -0.0800. The van der Waals surface area contributed by atoms with Gasteiger partial charge >= 0.3 is 0 Å². The van der Waals surface area contributed by atoms with Crippen molar-refractivity contribution in [1.29, 1.82) is 0 Å². The lowest BCUT2D eigenvalue weighted by atomic mass is 10.3. The molecule has 0 atom stereocenters. The smallest absolute Gasteiger partial charge is 0.0900 e. The largest absolute Gasteiger partial charge is 0.333 e. The van der Waals surface area contributed by atoms with Crippen LogP contribution in [-0.2, 0) is 0 Å². The second-order valence-electron chi connectivity index (χ2n) is 3.66. The van der Waals surface area contributed by atoms with Gasteiger partial charge in [0.2, 0.25) is 0 Å². The Labute approximate surface area is 70.2 Å². The van der Waals surface area contributed by atoms with Gasteiger partial charge in [0.1, 0.15) is 0 Å². The van der Waals surface area contributed by atoms with Gasteiger partial charge in [-0.05, 0) is 13.5 Å². The van der Waals surface area contributed by atoms with Gasteiger partial charge in [-0.15, -0.1) is 0 Å². The molecule has 0 aliphatic carbocycles. The minimum absolute atomic E-state index is 1.29. The fourth-order valence-electron chi connectivity index (χ4n) is 1.61. The predicted octanol–water partition coefficient (Wildman–Crippen LogP) is -0.383. The lowest BCUT2D eigenvalue weighted by Crippen LogP contribution is -3.14. The van der Waals surface area contributed by atoms with E-state index in [1.165, 1.54) is 45.6 Å². The van der Waals surface area contributed by atoms with Crippen LogP contribution in [-0.4, -0.2) is 44.7 Å². The molecule has 0 aromatic rings. The summed E-state index contributed by atoms with van der Waals surface area (Å²) in [6, 6.07) is 0. The van der Waals surface area contributed by atoms with E-state index in [2.05, 4.69) is 18.9 Å². The average Bonchev–Trinajstić information content (AvgIpc) is 2.04. The standard InChI is InChI=1S/C9H20N2/c1-3-4-5-11-8-6-10(2)7-9-11/h3-9H2,1-2H3/p+1. The molecule has 1 fully saturated rings. The highest BCUT2D eigenvalue weighted by Crippen LogP contribution is 1.84. The van der Waals surface area contributed by atoms with Crippen molar-refractivity contribution in [3.63, 3.8) is 0 Å². The second kappa shape index (κ2) is 4.73. The lowest BCUT2D eigenvalue weighted by Gasteiger charge is -2.29. The van der Waals surface area contributed by atoms with Crippen LogP contribution >= 0.6 is 0 Å². The van der Waals surface area contributed by atoms with Crippen LogP contribution in [0.25, 0.3) is 0 Å². The SMILES string of the molecule is CCCC[NH+]1CCN(C)CC1. The molecule has 2 heteroatoms. The molecule has 0 aromatic heterocycles. The molecule has 0 radical (unpaired) electrons. The summed E-state index contributed by atoms with van der Waals surface area (Å²) in [7, 11) is 2.22. The number of hydrogen-bond donors (Lipinski definition) is 1. The maximum Gasteiger partial charge on any atom is 0.0900 e. The van der Waals surface area contributed by atoms with Gasteiger partial charge in [-0.25, -0.2) is 0 Å². The minimum atomic E-state index is 1.29. The first-order chi connectivity index (χ1) is 5.33. The van der Waals surface area contributed by atoms with E-state index in [0.717, 1.165) is 0 Å². The fraction of sp³-hybridized carbons (Fsp3) is 1.00. The third-order valence-corrected chi connectivity index (χ3v) is 2.58. The zero-order valence-corrected chi connectivity index (χ0v) is 7.90. The number of likely N-dealkylation sites (N-methyl/N-ethyl adjacent to an activating group) is 1. The van der Waals surface area contributed by atoms with E-state index >= 15 is 0 Å². The molecular weight excluding hydrogens is 136 g/mol. The Morgan fingerprint density at radius 1 is 1.27 bits per heavy atom. The molecule has 0 aromatic carbocycles. The minimum Gasteiger partial charge on any atom is -0.333 e. The first-order valence-corrected chi connectivity index (χ1v) is 4.85. The van der Waals surface area contributed by atoms with Crippen molar-refractivity contribution in [3.05, 3.63) is 0 Å². The molecule has 1 aliphatic rings. The summed E-state index contributed by atoms with van der Waals surface area (Å²) in [5, 5.41) is 0. The molecule has 0 bridgehead atoms. The highest BCUT2D eigenvalue weighted by molar-refractivity contribution is 4.53. The van der Waals surface area contributed by atoms with E-state index in [0.29, 0.717) is 0 Å². The van der Waals surface area contributed by atoms with Gasteiger partial charge in [0.15, 0.2) is 0 Å². The van der Waals surface area contributed by atoms with Gasteiger partial charge < -0.3 is 4.90 Å². The van der Waals surface area contributed by atoms with Crippen LogP contribution in [0.15, 0.2) is 0 Å². The van der Waals surface area contributed by atoms with Crippen molar-refractivity contribution in [2.75, 3.05) is 39.8 Å². The van der Waals surface area contributed by atoms with Gasteiger partial charge in [0.25, 0.3) is 0 Å². The summed E-state index contributed by atoms with van der Waals surface area (Å²) in [5.41, 5.74) is 0. The molecular formula is C9H21N2+. The van der Waals surface area contributed by atoms with Crippen LogP contribution in [0.4, 0.5) is 0 Å². The fourth-order valence-corrected chi connectivity index (χ4v) is 1.61. The molecule has 1 aliphatic heterocycles. The molecule has 11 heavy (non-hydrogen) atoms. The third kappa shape index (κ3) is 3.21. The maximum atomic E-state index is 2.43. The summed E-state index contributed by atoms with van der Waals surface area (Å²) in [6.07, 6.45) is 2.75. The van der Waals surface area contributed by atoms with Crippen LogP contribution in [0.5, 0.6) is 0 Å². The van der Waals surface area contributed by atoms with Crippen molar-refractivity contribution >= 4 is 0 Å². The van der Waals surface area contributed by atoms with Crippen LogP contribution < -0.4 is 4.90 Å². The first kappa shape index (κ1) is 9.01. The topological polar surface area (TPSA) is 7.68 Å². The molecule has 0 saturated carbocycles. The van der Waals surface area contributed by atoms with Crippen molar-refractivity contribution in [3.8, 4) is 0 Å². The molecule has 0 spiro atoms. The van der Waals surface area contributed by atoms with Gasteiger partial charge in [0, 0.05) is 13.1 Å². The first-order valence-electron chi connectivity index (χ1n) is 4.85. The van der Waals surface area contributed by atoms with Crippen LogP contribution in [0.1, 0.15) is 19.8 Å². The summed E-state index contributed by atoms with van der Waals surface area (Å²) in [6.45, 7) is 8.96. The number of piperazine rings is 1. The van der Waals surface area contributed by atoms with Gasteiger partial charge in [-0.1, -0.05) is 13.3 Å². The highest BCUT2D eigenvalue weighted by Gasteiger charge is 2.15. The zero-order valence-electron chi connectivity index (χ0n) is 7.90. The molecule has 66 valence electrons. The third-order valence-electron chi connectivity index (χ3n) is 2.58. The highest BCUT2D eigenvalue weighted by atomic mass is 15.2. The summed E-state index contributed by atoms with van der Waals surface area (Å²) in [5.74, 6) is 0. The van der Waals surface area contributed by atoms with E-state index in [1.54, 1.807) is 0 Å². The summed E-state index contributed by atoms with van der Waals surface area (Å²) >= 11 is 0. The van der Waals surface area contributed by atoms with E-state index in [9.17, 15) is 0 Å². The number of nitrogens with one attached hydrogen (secondary N) is 1. The normalized spacial score (nSPS) is 22.4. The van der Waals surface area contributed by atoms with Gasteiger partial charge in [0.05, 0.1) is 19.6 Å². The molecule has 1 saturated heterocycles. The Morgan fingerprint density at radius 2 is 1.91 bits per heavy atom. The van der Waals surface area contributed by atoms with Crippen molar-refractivity contribution < 1.29 is 4.90 Å². The van der Waals surface area contributed by atoms with Crippen LogP contribution in [0, 0.1) is 0 Å². The van der Waals surface area contributed by atoms with Crippen molar-refractivity contribution in [1.82, 2.24) is 4.90 Å². The maximum absolute atomic E-state index is 2.43. The molecule has 1 rings (SSSR count). The Kier molecular flexibility index (Phi) is 3.87. The van der Waals surface area contributed by atoms with E-state index < -0.39 is 0 Å². The number of hydrogen-bond acceptors (Lipinski definition) is 1. The Morgan fingerprint density at radius 3 is 2.45 bits per heavy atom. The number of nitrogens with zero attached hydrogens (tertiary/aromatic N) is 1. The van der Waals surface area contributed by atoms with Crippen molar-refractivity contribution in [2.24, 2.45) is 0 Å². The van der Waals surface area contributed by atoms with E-state index in [-0.39, 0.29) is 0 Å². The van der Waals surface area contributed by atoms with Crippen LogP contribution in [0.2, 0.25) is 0 Å². The van der Waals surface area contributed by atoms with E-state index in [4.69, 9.17) is 0 Å². The molecule has 0 unspecified atom stereocenters. The second-order valence-corrected chi connectivity index (χ2v) is 3.66. The van der Waals surface area contributed by atoms with E-state index in [1.807, 2.05) is 4.90 Å². The van der Waals surface area contributed by atoms with Crippen LogP contribution in [0.3, 0.4) is 0 Å². The average molecular weight is 157 g/mol. The Balaban J connectivity index is 2.07. The quantitative estimate of drug-likeness (QED) is 0.587. The Bertz CT molecular complexity index is 93.0.